The number of hydrogen-bond acceptors (Lipinski definition) is 3. The summed E-state index contributed by atoms with van der Waals surface area (Å²) in [4.78, 5) is 4.64. The minimum Gasteiger partial charge on any atom is -0.379 e. The first-order valence-electron chi connectivity index (χ1n) is 7.03. The van der Waals surface area contributed by atoms with Crippen molar-refractivity contribution in [3.05, 3.63) is 11.5 Å². The number of rotatable bonds is 6. The summed E-state index contributed by atoms with van der Waals surface area (Å²) >= 11 is 6.25. The third kappa shape index (κ3) is 2.99. The van der Waals surface area contributed by atoms with Crippen molar-refractivity contribution >= 4 is 22.8 Å². The predicted octanol–water partition coefficient (Wildman–Crippen LogP) is 3.05. The van der Waals surface area contributed by atoms with Crippen LogP contribution in [-0.4, -0.2) is 32.5 Å². The molecule has 0 aliphatic rings. The lowest BCUT2D eigenvalue weighted by Gasteiger charge is -2.12. The van der Waals surface area contributed by atoms with E-state index in [0.717, 1.165) is 35.8 Å². The van der Waals surface area contributed by atoms with Gasteiger partial charge in [0.15, 0.2) is 5.65 Å². The number of aromatic nitrogens is 4. The lowest BCUT2D eigenvalue weighted by atomic mass is 10.2. The third-order valence-electron chi connectivity index (χ3n) is 3.19. The Balaban J connectivity index is 2.26. The SMILES string of the molecule is Cc1nn(C)c2c1nc(C(C)Cl)n2CCOCC(C)C. The highest BCUT2D eigenvalue weighted by atomic mass is 35.5. The van der Waals surface area contributed by atoms with Gasteiger partial charge in [-0.05, 0) is 19.8 Å². The summed E-state index contributed by atoms with van der Waals surface area (Å²) in [6.45, 7) is 10.4. The molecule has 112 valence electrons. The molecule has 0 radical (unpaired) electrons. The third-order valence-corrected chi connectivity index (χ3v) is 3.38. The molecule has 0 aromatic carbocycles. The van der Waals surface area contributed by atoms with Gasteiger partial charge in [-0.15, -0.1) is 11.6 Å². The highest BCUT2D eigenvalue weighted by molar-refractivity contribution is 6.20. The fourth-order valence-corrected chi connectivity index (χ4v) is 2.52. The minimum absolute atomic E-state index is 0.133. The zero-order valence-corrected chi connectivity index (χ0v) is 13.6. The van der Waals surface area contributed by atoms with Crippen molar-refractivity contribution in [1.82, 2.24) is 19.3 Å². The number of aryl methyl sites for hydroxylation is 2. The maximum absolute atomic E-state index is 6.25. The summed E-state index contributed by atoms with van der Waals surface area (Å²) in [5.74, 6) is 1.43. The van der Waals surface area contributed by atoms with Crippen molar-refractivity contribution in [2.24, 2.45) is 13.0 Å². The molecule has 0 saturated heterocycles. The maximum atomic E-state index is 6.25. The van der Waals surface area contributed by atoms with Gasteiger partial charge in [0.05, 0.1) is 17.7 Å². The van der Waals surface area contributed by atoms with Crippen LogP contribution in [0.5, 0.6) is 0 Å². The van der Waals surface area contributed by atoms with E-state index >= 15 is 0 Å². The lowest BCUT2D eigenvalue weighted by Crippen LogP contribution is -2.13. The number of halogens is 1. The van der Waals surface area contributed by atoms with Crippen molar-refractivity contribution in [2.45, 2.75) is 39.6 Å². The summed E-state index contributed by atoms with van der Waals surface area (Å²) in [5, 5.41) is 4.28. The Morgan fingerprint density at radius 2 is 2.00 bits per heavy atom. The molecule has 0 amide bonds. The highest BCUT2D eigenvalue weighted by Gasteiger charge is 2.19. The molecule has 0 saturated carbocycles. The number of fused-ring (bicyclic) bond motifs is 1. The lowest BCUT2D eigenvalue weighted by molar-refractivity contribution is 0.103. The van der Waals surface area contributed by atoms with E-state index in [-0.39, 0.29) is 5.38 Å². The summed E-state index contributed by atoms with van der Waals surface area (Å²) in [6.07, 6.45) is 0. The number of hydrogen-bond donors (Lipinski definition) is 0. The summed E-state index contributed by atoms with van der Waals surface area (Å²) in [5.41, 5.74) is 2.87. The topological polar surface area (TPSA) is 44.9 Å². The Kier molecular flexibility index (Phi) is 4.70. The van der Waals surface area contributed by atoms with Crippen molar-refractivity contribution in [2.75, 3.05) is 13.2 Å². The molecule has 5 nitrogen and oxygen atoms in total. The van der Waals surface area contributed by atoms with Gasteiger partial charge >= 0.3 is 0 Å². The molecule has 6 heteroatoms. The molecule has 1 atom stereocenters. The molecule has 1 unspecified atom stereocenters. The molecule has 0 spiro atoms. The summed E-state index contributed by atoms with van der Waals surface area (Å²) in [7, 11) is 1.94. The molecule has 0 aliphatic carbocycles. The van der Waals surface area contributed by atoms with Crippen LogP contribution >= 0.6 is 11.6 Å². The van der Waals surface area contributed by atoms with Crippen LogP contribution in [0.2, 0.25) is 0 Å². The van der Waals surface area contributed by atoms with Crippen LogP contribution < -0.4 is 0 Å². The molecule has 0 fully saturated rings. The van der Waals surface area contributed by atoms with Gasteiger partial charge < -0.3 is 9.30 Å². The van der Waals surface area contributed by atoms with Gasteiger partial charge in [-0.1, -0.05) is 13.8 Å². The van der Waals surface area contributed by atoms with Crippen molar-refractivity contribution in [3.8, 4) is 0 Å². The highest BCUT2D eigenvalue weighted by Crippen LogP contribution is 2.25. The Hall–Kier alpha value is -1.07. The van der Waals surface area contributed by atoms with E-state index in [9.17, 15) is 0 Å². The van der Waals surface area contributed by atoms with Gasteiger partial charge in [0, 0.05) is 20.2 Å². The maximum Gasteiger partial charge on any atom is 0.158 e. The normalized spacial score (nSPS) is 13.6. The van der Waals surface area contributed by atoms with Gasteiger partial charge in [-0.2, -0.15) is 5.10 Å². The monoisotopic (exact) mass is 298 g/mol. The summed E-state index contributed by atoms with van der Waals surface area (Å²) in [6, 6.07) is 0. The quantitative estimate of drug-likeness (QED) is 0.608. The van der Waals surface area contributed by atoms with Crippen LogP contribution in [0.4, 0.5) is 0 Å². The van der Waals surface area contributed by atoms with E-state index in [1.165, 1.54) is 0 Å². The number of ether oxygens (including phenoxy) is 1. The van der Waals surface area contributed by atoms with Gasteiger partial charge in [0.1, 0.15) is 11.3 Å². The largest absolute Gasteiger partial charge is 0.379 e. The van der Waals surface area contributed by atoms with E-state index in [1.807, 2.05) is 25.6 Å². The van der Waals surface area contributed by atoms with Crippen LogP contribution in [0.25, 0.3) is 11.2 Å². The van der Waals surface area contributed by atoms with Crippen molar-refractivity contribution < 1.29 is 4.74 Å². The zero-order valence-electron chi connectivity index (χ0n) is 12.9. The van der Waals surface area contributed by atoms with Gasteiger partial charge in [-0.25, -0.2) is 4.98 Å². The fraction of sp³-hybridized carbons (Fsp3) is 0.714. The molecule has 2 aromatic heterocycles. The van der Waals surface area contributed by atoms with Crippen LogP contribution in [0.1, 0.15) is 37.7 Å². The summed E-state index contributed by atoms with van der Waals surface area (Å²) < 4.78 is 9.66. The molecule has 0 aliphatic heterocycles. The second kappa shape index (κ2) is 6.14. The number of nitrogens with zero attached hydrogens (tertiary/aromatic N) is 4. The Labute approximate surface area is 124 Å². The molecular weight excluding hydrogens is 276 g/mol. The molecule has 20 heavy (non-hydrogen) atoms. The minimum atomic E-state index is -0.133. The van der Waals surface area contributed by atoms with E-state index in [4.69, 9.17) is 16.3 Å². The average Bonchev–Trinajstić information content (AvgIpc) is 2.85. The first kappa shape index (κ1) is 15.3. The Morgan fingerprint density at radius 3 is 2.60 bits per heavy atom. The Morgan fingerprint density at radius 1 is 1.30 bits per heavy atom. The standard InChI is InChI=1S/C14H23ClN4O/c1-9(2)8-20-7-6-19-13(10(3)15)16-12-11(4)17-18(5)14(12)19/h9-10H,6-8H2,1-5H3. The molecular formula is C14H23ClN4O. The van der Waals surface area contributed by atoms with Crippen LogP contribution in [0.3, 0.4) is 0 Å². The smallest absolute Gasteiger partial charge is 0.158 e. The number of imidazole rings is 1. The van der Waals surface area contributed by atoms with Crippen LogP contribution in [0.15, 0.2) is 0 Å². The second-order valence-corrected chi connectivity index (χ2v) is 6.24. The van der Waals surface area contributed by atoms with Gasteiger partial charge in [-0.3, -0.25) is 4.68 Å². The molecule has 2 aromatic rings. The van der Waals surface area contributed by atoms with Crippen molar-refractivity contribution in [1.29, 1.82) is 0 Å². The predicted molar refractivity (Wildman–Crippen MR) is 81.2 cm³/mol. The van der Waals surface area contributed by atoms with E-state index in [0.29, 0.717) is 12.5 Å². The van der Waals surface area contributed by atoms with Gasteiger partial charge in [0.25, 0.3) is 0 Å². The first-order valence-corrected chi connectivity index (χ1v) is 7.47. The molecule has 2 rings (SSSR count). The van der Waals surface area contributed by atoms with Crippen LogP contribution in [-0.2, 0) is 18.3 Å². The van der Waals surface area contributed by atoms with E-state index in [1.54, 1.807) is 0 Å². The molecule has 0 N–H and O–H groups in total. The average molecular weight is 299 g/mol. The fourth-order valence-electron chi connectivity index (χ4n) is 2.35. The first-order chi connectivity index (χ1) is 9.41. The van der Waals surface area contributed by atoms with Gasteiger partial charge in [0.2, 0.25) is 0 Å². The molecule has 2 heterocycles. The van der Waals surface area contributed by atoms with E-state index in [2.05, 4.69) is 28.5 Å². The number of alkyl halides is 1. The van der Waals surface area contributed by atoms with Crippen molar-refractivity contribution in [3.63, 3.8) is 0 Å². The van der Waals surface area contributed by atoms with Crippen LogP contribution in [0, 0.1) is 12.8 Å². The second-order valence-electron chi connectivity index (χ2n) is 5.59. The Bertz CT molecular complexity index is 586. The zero-order chi connectivity index (χ0) is 14.9. The molecule has 0 bridgehead atoms. The van der Waals surface area contributed by atoms with E-state index < -0.39 is 0 Å².